The van der Waals surface area contributed by atoms with Crippen molar-refractivity contribution in [2.24, 2.45) is 5.10 Å². The molecule has 0 saturated carbocycles. The maximum Gasteiger partial charge on any atom is 0.354 e. The number of carbonyl (C=O) groups is 2. The third-order valence-electron chi connectivity index (χ3n) is 2.91. The lowest BCUT2D eigenvalue weighted by Crippen LogP contribution is -2.29. The molecule has 1 aromatic rings. The Morgan fingerprint density at radius 1 is 1.67 bits per heavy atom. The minimum atomic E-state index is -0.439. The normalized spacial score (nSPS) is 21.6. The number of esters is 2. The third kappa shape index (κ3) is 1.59. The number of fused-ring (bicyclic) bond motifs is 3. The van der Waals surface area contributed by atoms with Crippen LogP contribution in [0.5, 0.6) is 0 Å². The fraction of sp³-hybridized carbons (Fsp3) is 0.364. The number of carbonyl (C=O) groups excluding carboxylic acids is 2. The Hall–Kier alpha value is -1.89. The summed E-state index contributed by atoms with van der Waals surface area (Å²) in [6.07, 6.45) is 0.426. The average molecular weight is 266 g/mol. The second kappa shape index (κ2) is 4.09. The summed E-state index contributed by atoms with van der Waals surface area (Å²) in [6, 6.07) is 1.68. The highest BCUT2D eigenvalue weighted by molar-refractivity contribution is 7.12. The molecule has 6 nitrogen and oxygen atoms in total. The molecule has 18 heavy (non-hydrogen) atoms. The molecule has 3 heterocycles. The minimum Gasteiger partial charge on any atom is -0.464 e. The quantitative estimate of drug-likeness (QED) is 0.710. The Kier molecular flexibility index (Phi) is 2.55. The van der Waals surface area contributed by atoms with Crippen molar-refractivity contribution in [2.45, 2.75) is 12.5 Å². The van der Waals surface area contributed by atoms with Crippen LogP contribution in [-0.2, 0) is 14.3 Å². The van der Waals surface area contributed by atoms with Crippen molar-refractivity contribution in [1.82, 2.24) is 0 Å². The summed E-state index contributed by atoms with van der Waals surface area (Å²) >= 11 is 1.31. The average Bonchev–Trinajstić information content (AvgIpc) is 2.98. The van der Waals surface area contributed by atoms with Crippen LogP contribution in [0.15, 0.2) is 16.5 Å². The van der Waals surface area contributed by atoms with Gasteiger partial charge in [0.25, 0.3) is 0 Å². The van der Waals surface area contributed by atoms with Gasteiger partial charge in [0.1, 0.15) is 17.2 Å². The highest BCUT2D eigenvalue weighted by Crippen LogP contribution is 2.34. The maximum atomic E-state index is 11.7. The molecule has 0 saturated heterocycles. The summed E-state index contributed by atoms with van der Waals surface area (Å²) in [4.78, 5) is 23.7. The molecule has 1 aromatic heterocycles. The van der Waals surface area contributed by atoms with E-state index < -0.39 is 5.97 Å². The van der Waals surface area contributed by atoms with Gasteiger partial charge in [-0.05, 0) is 11.4 Å². The molecule has 1 unspecified atom stereocenters. The molecule has 0 aliphatic carbocycles. The number of hydrogen-bond donors (Lipinski definition) is 0. The van der Waals surface area contributed by atoms with E-state index in [4.69, 9.17) is 4.74 Å². The van der Waals surface area contributed by atoms with Crippen LogP contribution < -0.4 is 5.01 Å². The molecule has 2 aliphatic heterocycles. The topological polar surface area (TPSA) is 68.2 Å². The predicted octanol–water partition coefficient (Wildman–Crippen LogP) is 1.03. The van der Waals surface area contributed by atoms with Crippen molar-refractivity contribution in [3.05, 3.63) is 16.3 Å². The van der Waals surface area contributed by atoms with Crippen molar-refractivity contribution >= 4 is 34.7 Å². The van der Waals surface area contributed by atoms with Gasteiger partial charge >= 0.3 is 11.9 Å². The van der Waals surface area contributed by atoms with Crippen LogP contribution in [0.3, 0.4) is 0 Å². The summed E-state index contributed by atoms with van der Waals surface area (Å²) < 4.78 is 9.83. The van der Waals surface area contributed by atoms with Gasteiger partial charge in [-0.15, -0.1) is 11.3 Å². The first-order valence-corrected chi connectivity index (χ1v) is 6.28. The number of rotatable bonds is 1. The molecular weight excluding hydrogens is 256 g/mol. The third-order valence-corrected chi connectivity index (χ3v) is 3.79. The summed E-state index contributed by atoms with van der Waals surface area (Å²) in [7, 11) is 1.32. The molecule has 0 amide bonds. The molecule has 0 bridgehead atoms. The second-order valence-electron chi connectivity index (χ2n) is 3.97. The van der Waals surface area contributed by atoms with Gasteiger partial charge in [-0.3, -0.25) is 5.01 Å². The molecule has 94 valence electrons. The SMILES string of the molecule is COC(=O)C1=NN2c3ccsc3C(=O)OCC2C1. The minimum absolute atomic E-state index is 0.126. The van der Waals surface area contributed by atoms with Crippen molar-refractivity contribution in [1.29, 1.82) is 0 Å². The second-order valence-corrected chi connectivity index (χ2v) is 4.89. The van der Waals surface area contributed by atoms with Crippen LogP contribution in [0.4, 0.5) is 5.69 Å². The molecule has 0 aromatic carbocycles. The number of hydrazone groups is 1. The molecule has 1 atom stereocenters. The van der Waals surface area contributed by atoms with Crippen molar-refractivity contribution in [3.63, 3.8) is 0 Å². The van der Waals surface area contributed by atoms with Crippen LogP contribution in [0.1, 0.15) is 16.1 Å². The van der Waals surface area contributed by atoms with Gasteiger partial charge in [-0.25, -0.2) is 9.59 Å². The van der Waals surface area contributed by atoms with Crippen LogP contribution in [0.25, 0.3) is 0 Å². The summed E-state index contributed by atoms with van der Waals surface area (Å²) in [5.74, 6) is -0.768. The number of hydrogen-bond acceptors (Lipinski definition) is 7. The van der Waals surface area contributed by atoms with E-state index in [1.54, 1.807) is 10.4 Å². The smallest absolute Gasteiger partial charge is 0.354 e. The van der Waals surface area contributed by atoms with E-state index in [1.165, 1.54) is 18.4 Å². The Morgan fingerprint density at radius 2 is 2.50 bits per heavy atom. The van der Waals surface area contributed by atoms with E-state index in [0.29, 0.717) is 22.7 Å². The lowest BCUT2D eigenvalue weighted by molar-refractivity contribution is -0.132. The van der Waals surface area contributed by atoms with Gasteiger partial charge in [0.15, 0.2) is 0 Å². The monoisotopic (exact) mass is 266 g/mol. The largest absolute Gasteiger partial charge is 0.464 e. The molecule has 0 radical (unpaired) electrons. The van der Waals surface area contributed by atoms with Gasteiger partial charge in [-0.2, -0.15) is 5.10 Å². The van der Waals surface area contributed by atoms with Gasteiger partial charge in [0, 0.05) is 6.42 Å². The molecule has 0 N–H and O–H groups in total. The number of ether oxygens (including phenoxy) is 2. The zero-order chi connectivity index (χ0) is 12.7. The first kappa shape index (κ1) is 11.2. The fourth-order valence-electron chi connectivity index (χ4n) is 2.06. The lowest BCUT2D eigenvalue weighted by Gasteiger charge is -2.18. The molecule has 7 heteroatoms. The molecule has 3 rings (SSSR count). The van der Waals surface area contributed by atoms with Gasteiger partial charge in [0.2, 0.25) is 0 Å². The number of anilines is 1. The summed E-state index contributed by atoms with van der Waals surface area (Å²) in [5, 5.41) is 7.73. The number of thiophene rings is 1. The fourth-order valence-corrected chi connectivity index (χ4v) is 2.83. The van der Waals surface area contributed by atoms with E-state index in [9.17, 15) is 9.59 Å². The zero-order valence-corrected chi connectivity index (χ0v) is 10.4. The van der Waals surface area contributed by atoms with Crippen molar-refractivity contribution < 1.29 is 19.1 Å². The standard InChI is InChI=1S/C11H10N2O4S/c1-16-10(14)7-4-6-5-17-11(15)9-8(2-3-18-9)13(6)12-7/h2-3,6H,4-5H2,1H3. The predicted molar refractivity (Wildman–Crippen MR) is 64.9 cm³/mol. The number of cyclic esters (lactones) is 1. The lowest BCUT2D eigenvalue weighted by atomic mass is 10.1. The van der Waals surface area contributed by atoms with Crippen molar-refractivity contribution in [2.75, 3.05) is 18.7 Å². The Bertz CT molecular complexity index is 551. The van der Waals surface area contributed by atoms with E-state index in [1.807, 2.05) is 6.07 Å². The van der Waals surface area contributed by atoms with Crippen LogP contribution in [0.2, 0.25) is 0 Å². The maximum absolute atomic E-state index is 11.7. The molecule has 0 fully saturated rings. The van der Waals surface area contributed by atoms with Crippen LogP contribution >= 0.6 is 11.3 Å². The summed E-state index contributed by atoms with van der Waals surface area (Å²) in [6.45, 7) is 0.226. The van der Waals surface area contributed by atoms with Gasteiger partial charge in [-0.1, -0.05) is 0 Å². The first-order chi connectivity index (χ1) is 8.70. The van der Waals surface area contributed by atoms with E-state index in [2.05, 4.69) is 9.84 Å². The highest BCUT2D eigenvalue weighted by Gasteiger charge is 2.37. The Balaban J connectivity index is 2.00. The van der Waals surface area contributed by atoms with E-state index >= 15 is 0 Å². The zero-order valence-electron chi connectivity index (χ0n) is 9.58. The number of nitrogens with zero attached hydrogens (tertiary/aromatic N) is 2. The van der Waals surface area contributed by atoms with Gasteiger partial charge < -0.3 is 9.47 Å². The molecule has 0 spiro atoms. The Morgan fingerprint density at radius 3 is 3.28 bits per heavy atom. The Labute approximate surface area is 107 Å². The van der Waals surface area contributed by atoms with E-state index in [0.717, 1.165) is 0 Å². The summed E-state index contributed by atoms with van der Waals surface area (Å²) in [5.41, 5.74) is 1.06. The van der Waals surface area contributed by atoms with E-state index in [-0.39, 0.29) is 18.6 Å². The van der Waals surface area contributed by atoms with Crippen LogP contribution in [0, 0.1) is 0 Å². The van der Waals surface area contributed by atoms with Gasteiger partial charge in [0.05, 0.1) is 18.8 Å². The van der Waals surface area contributed by atoms with Crippen LogP contribution in [-0.4, -0.2) is 37.4 Å². The molecule has 2 aliphatic rings. The van der Waals surface area contributed by atoms with Crippen molar-refractivity contribution in [3.8, 4) is 0 Å². The molecular formula is C11H10N2O4S. The highest BCUT2D eigenvalue weighted by atomic mass is 32.1. The first-order valence-electron chi connectivity index (χ1n) is 5.40. The number of methoxy groups -OCH3 is 1.